The molecule has 3 N–H and O–H groups in total. The highest BCUT2D eigenvalue weighted by atomic mass is 19.1. The van der Waals surface area contributed by atoms with E-state index < -0.39 is 23.5 Å². The van der Waals surface area contributed by atoms with E-state index in [1.165, 1.54) is 6.07 Å². The minimum Gasteiger partial charge on any atom is -0.481 e. The van der Waals surface area contributed by atoms with Crippen LogP contribution in [0, 0.1) is 29.4 Å². The average molecular weight is 449 g/mol. The summed E-state index contributed by atoms with van der Waals surface area (Å²) in [5, 5.41) is 14.4. The molecule has 3 saturated carbocycles. The molecule has 4 aromatic rings. The Labute approximate surface area is 187 Å². The van der Waals surface area contributed by atoms with Gasteiger partial charge >= 0.3 is 5.97 Å². The summed E-state index contributed by atoms with van der Waals surface area (Å²) in [7, 11) is 0. The highest BCUT2D eigenvalue weighted by molar-refractivity contribution is 5.96. The van der Waals surface area contributed by atoms with Crippen molar-refractivity contribution >= 4 is 33.7 Å². The molecule has 0 unspecified atom stereocenters. The predicted octanol–water partition coefficient (Wildman–Crippen LogP) is 4.75. The number of fused-ring (bicyclic) bond motifs is 5. The van der Waals surface area contributed by atoms with Gasteiger partial charge in [-0.05, 0) is 55.7 Å². The van der Waals surface area contributed by atoms with Gasteiger partial charge in [-0.25, -0.2) is 23.7 Å². The van der Waals surface area contributed by atoms with Crippen molar-refractivity contribution in [2.24, 2.45) is 17.8 Å². The van der Waals surface area contributed by atoms with E-state index in [4.69, 9.17) is 4.98 Å². The van der Waals surface area contributed by atoms with Gasteiger partial charge in [0.25, 0.3) is 0 Å². The summed E-state index contributed by atoms with van der Waals surface area (Å²) < 4.78 is 28.2. The number of hydrogen-bond acceptors (Lipinski definition) is 5. The van der Waals surface area contributed by atoms with Gasteiger partial charge in [0.15, 0.2) is 11.5 Å². The number of nitrogens with zero attached hydrogens (tertiary/aromatic N) is 3. The lowest BCUT2D eigenvalue weighted by molar-refractivity contribution is -0.148. The lowest BCUT2D eigenvalue weighted by Crippen LogP contribution is -2.51. The molecule has 3 heterocycles. The Morgan fingerprint density at radius 3 is 2.67 bits per heavy atom. The van der Waals surface area contributed by atoms with Gasteiger partial charge in [0.05, 0.1) is 16.8 Å². The Bertz CT molecular complexity index is 1400. The summed E-state index contributed by atoms with van der Waals surface area (Å²) in [5.74, 6) is -1.53. The number of aromatic nitrogens is 4. The lowest BCUT2D eigenvalue weighted by Gasteiger charge is -2.47. The molecule has 3 aliphatic rings. The third kappa shape index (κ3) is 3.21. The van der Waals surface area contributed by atoms with Gasteiger partial charge in [0.2, 0.25) is 0 Å². The minimum atomic E-state index is -0.791. The zero-order chi connectivity index (χ0) is 22.7. The van der Waals surface area contributed by atoms with Crippen LogP contribution in [0.2, 0.25) is 0 Å². The van der Waals surface area contributed by atoms with Crippen LogP contribution in [-0.2, 0) is 4.79 Å². The number of pyridine rings is 1. The monoisotopic (exact) mass is 449 g/mol. The quantitative estimate of drug-likeness (QED) is 0.415. The zero-order valence-electron chi connectivity index (χ0n) is 17.6. The van der Waals surface area contributed by atoms with Gasteiger partial charge in [-0.3, -0.25) is 4.79 Å². The van der Waals surface area contributed by atoms with Crippen molar-refractivity contribution < 1.29 is 18.7 Å². The number of rotatable bonds is 4. The fourth-order valence-corrected chi connectivity index (χ4v) is 5.70. The number of halogens is 2. The Morgan fingerprint density at radius 2 is 1.88 bits per heavy atom. The van der Waals surface area contributed by atoms with Crippen LogP contribution in [0.4, 0.5) is 14.6 Å². The number of aromatic amines is 1. The highest BCUT2D eigenvalue weighted by Gasteiger charge is 2.47. The molecule has 3 fully saturated rings. The number of carboxylic acids is 1. The van der Waals surface area contributed by atoms with Crippen LogP contribution in [0.3, 0.4) is 0 Å². The normalized spacial score (nSPS) is 24.4. The molecule has 7 nitrogen and oxygen atoms in total. The largest absolute Gasteiger partial charge is 0.481 e. The first kappa shape index (κ1) is 20.0. The van der Waals surface area contributed by atoms with Crippen molar-refractivity contribution in [3.63, 3.8) is 0 Å². The molecule has 3 aromatic heterocycles. The summed E-state index contributed by atoms with van der Waals surface area (Å²) >= 11 is 0. The van der Waals surface area contributed by atoms with E-state index in [9.17, 15) is 18.7 Å². The molecule has 7 rings (SSSR count). The third-order valence-electron chi connectivity index (χ3n) is 7.23. The zero-order valence-corrected chi connectivity index (χ0v) is 17.6. The molecule has 2 atom stereocenters. The van der Waals surface area contributed by atoms with Gasteiger partial charge in [0, 0.05) is 35.5 Å². The van der Waals surface area contributed by atoms with Crippen LogP contribution >= 0.6 is 0 Å². The maximum Gasteiger partial charge on any atom is 0.308 e. The maximum atomic E-state index is 14.2. The van der Waals surface area contributed by atoms with Gasteiger partial charge in [-0.1, -0.05) is 0 Å². The van der Waals surface area contributed by atoms with Crippen LogP contribution in [0.25, 0.3) is 33.3 Å². The molecule has 0 amide bonds. The van der Waals surface area contributed by atoms with Gasteiger partial charge in [-0.15, -0.1) is 0 Å². The molecule has 168 valence electrons. The molecule has 33 heavy (non-hydrogen) atoms. The smallest absolute Gasteiger partial charge is 0.308 e. The first-order valence-electron chi connectivity index (χ1n) is 11.1. The lowest BCUT2D eigenvalue weighted by atomic mass is 9.61. The van der Waals surface area contributed by atoms with Crippen molar-refractivity contribution in [1.82, 2.24) is 19.9 Å². The van der Waals surface area contributed by atoms with Crippen LogP contribution in [0.1, 0.15) is 25.7 Å². The summed E-state index contributed by atoms with van der Waals surface area (Å²) in [6.07, 6.45) is 7.00. The molecule has 3 aliphatic carbocycles. The summed E-state index contributed by atoms with van der Waals surface area (Å²) in [5.41, 5.74) is 1.03. The van der Waals surface area contributed by atoms with Crippen LogP contribution in [0.15, 0.2) is 36.7 Å². The second kappa shape index (κ2) is 7.47. The Hall–Kier alpha value is -3.62. The van der Waals surface area contributed by atoms with Crippen molar-refractivity contribution in [2.75, 3.05) is 5.32 Å². The average Bonchev–Trinajstić information content (AvgIpc) is 3.23. The Balaban J connectivity index is 1.49. The molecule has 0 radical (unpaired) electrons. The molecule has 2 bridgehead atoms. The Kier molecular flexibility index (Phi) is 4.53. The van der Waals surface area contributed by atoms with Crippen LogP contribution in [0.5, 0.6) is 0 Å². The molecular formula is C24H21F2N5O2. The third-order valence-corrected chi connectivity index (χ3v) is 7.23. The number of nitrogens with one attached hydrogen (secondary N) is 2. The van der Waals surface area contributed by atoms with Crippen molar-refractivity contribution in [3.8, 4) is 11.4 Å². The van der Waals surface area contributed by atoms with E-state index in [1.807, 2.05) is 6.07 Å². The van der Waals surface area contributed by atoms with Crippen molar-refractivity contribution in [1.29, 1.82) is 0 Å². The number of H-pyrrole nitrogens is 1. The Morgan fingerprint density at radius 1 is 1.09 bits per heavy atom. The minimum absolute atomic E-state index is 0.148. The van der Waals surface area contributed by atoms with Crippen molar-refractivity contribution in [2.45, 2.75) is 31.7 Å². The molecule has 0 aliphatic heterocycles. The first-order chi connectivity index (χ1) is 16.0. The molecule has 1 aromatic carbocycles. The number of anilines is 1. The number of aliphatic carboxylic acids is 1. The summed E-state index contributed by atoms with van der Waals surface area (Å²) in [6.45, 7) is 0. The fraction of sp³-hybridized carbons (Fsp3) is 0.333. The number of benzene rings is 1. The van der Waals surface area contributed by atoms with Gasteiger partial charge < -0.3 is 15.4 Å². The maximum absolute atomic E-state index is 14.2. The van der Waals surface area contributed by atoms with Crippen LogP contribution in [-0.4, -0.2) is 37.1 Å². The first-order valence-corrected chi connectivity index (χ1v) is 11.1. The summed E-state index contributed by atoms with van der Waals surface area (Å²) in [6, 6.07) is 5.42. The second-order valence-corrected chi connectivity index (χ2v) is 8.99. The standard InChI is InChI=1S/C24H21F2N5O2/c25-13-8-15-16(10-28-20(15)17(26)9-13)23-30-21-14(2-1-7-27-21)22(31-23)29-19-12-5-3-11(4-6-12)18(19)24(32)33/h1-2,7-12,18-19,28H,3-6H2,(H,32,33)(H,27,29,30,31)/t11?,12?,18-,19-/m1/s1. The molecular weight excluding hydrogens is 428 g/mol. The second-order valence-electron chi connectivity index (χ2n) is 8.99. The molecule has 0 saturated heterocycles. The van der Waals surface area contributed by atoms with Crippen molar-refractivity contribution in [3.05, 3.63) is 48.3 Å². The fourth-order valence-electron chi connectivity index (χ4n) is 5.70. The van der Waals surface area contributed by atoms with E-state index in [1.54, 1.807) is 18.5 Å². The summed E-state index contributed by atoms with van der Waals surface area (Å²) in [4.78, 5) is 28.5. The van der Waals surface area contributed by atoms with E-state index in [-0.39, 0.29) is 29.2 Å². The topological polar surface area (TPSA) is 104 Å². The van der Waals surface area contributed by atoms with E-state index in [0.717, 1.165) is 31.7 Å². The van der Waals surface area contributed by atoms with Gasteiger partial charge in [-0.2, -0.15) is 0 Å². The van der Waals surface area contributed by atoms with E-state index >= 15 is 0 Å². The van der Waals surface area contributed by atoms with Gasteiger partial charge in [0.1, 0.15) is 17.5 Å². The van der Waals surface area contributed by atoms with E-state index in [2.05, 4.69) is 20.3 Å². The van der Waals surface area contributed by atoms with E-state index in [0.29, 0.717) is 27.8 Å². The highest BCUT2D eigenvalue weighted by Crippen LogP contribution is 2.46. The number of hydrogen-bond donors (Lipinski definition) is 3. The SMILES string of the molecule is O=C(O)[C@@H]1C2CCC(CC2)[C@H]1Nc1nc(-c2c[nH]c3c(F)cc(F)cc23)nc2ncccc12. The predicted molar refractivity (Wildman–Crippen MR) is 119 cm³/mol. The van der Waals surface area contributed by atoms with Crippen LogP contribution < -0.4 is 5.32 Å². The molecule has 0 spiro atoms. The number of carboxylic acid groups (broad SMARTS) is 1. The number of carbonyl (C=O) groups is 1. The molecule has 9 heteroatoms.